The van der Waals surface area contributed by atoms with Gasteiger partial charge in [-0.15, -0.1) is 0 Å². The highest BCUT2D eigenvalue weighted by molar-refractivity contribution is 6.15. The van der Waals surface area contributed by atoms with Crippen molar-refractivity contribution >= 4 is 11.9 Å². The van der Waals surface area contributed by atoms with E-state index >= 15 is 0 Å². The van der Waals surface area contributed by atoms with E-state index in [-0.39, 0.29) is 11.2 Å². The molecular weight excluding hydrogens is 450 g/mol. The van der Waals surface area contributed by atoms with E-state index in [4.69, 9.17) is 14.2 Å². The zero-order chi connectivity index (χ0) is 25.4. The Kier molecular flexibility index (Phi) is 6.35. The maximum absolute atomic E-state index is 13.3. The molecule has 3 aromatic carbocycles. The van der Waals surface area contributed by atoms with Gasteiger partial charge >= 0.3 is 0 Å². The molecule has 0 fully saturated rings. The SMILES string of the molecule is COc1ccc(CCN2COc3cc(C)c4c(c3C2)O/C(=C/c2ccc(C(C)(C)C)cc2)C4=O)cc1. The van der Waals surface area contributed by atoms with Crippen LogP contribution in [-0.4, -0.2) is 31.1 Å². The van der Waals surface area contributed by atoms with Crippen molar-refractivity contribution in [2.24, 2.45) is 0 Å². The number of ketones is 1. The van der Waals surface area contributed by atoms with Crippen LogP contribution in [0.1, 0.15) is 58.9 Å². The molecule has 0 aliphatic carbocycles. The van der Waals surface area contributed by atoms with Crippen molar-refractivity contribution < 1.29 is 19.0 Å². The molecule has 2 aliphatic heterocycles. The van der Waals surface area contributed by atoms with Gasteiger partial charge < -0.3 is 14.2 Å². The molecule has 5 rings (SSSR count). The molecular formula is C31H33NO4. The minimum Gasteiger partial charge on any atom is -0.497 e. The van der Waals surface area contributed by atoms with Crippen molar-refractivity contribution in [1.82, 2.24) is 4.90 Å². The largest absolute Gasteiger partial charge is 0.497 e. The van der Waals surface area contributed by atoms with E-state index in [1.807, 2.05) is 43.3 Å². The van der Waals surface area contributed by atoms with Crippen LogP contribution < -0.4 is 14.2 Å². The Morgan fingerprint density at radius 2 is 1.78 bits per heavy atom. The van der Waals surface area contributed by atoms with E-state index in [1.165, 1.54) is 11.1 Å². The molecule has 5 heteroatoms. The van der Waals surface area contributed by atoms with E-state index < -0.39 is 0 Å². The summed E-state index contributed by atoms with van der Waals surface area (Å²) in [5.41, 5.74) is 5.99. The van der Waals surface area contributed by atoms with Crippen molar-refractivity contribution in [2.75, 3.05) is 20.4 Å². The van der Waals surface area contributed by atoms with Crippen molar-refractivity contribution in [3.8, 4) is 17.2 Å². The summed E-state index contributed by atoms with van der Waals surface area (Å²) in [6.07, 6.45) is 2.73. The first-order valence-electron chi connectivity index (χ1n) is 12.4. The van der Waals surface area contributed by atoms with Gasteiger partial charge in [-0.05, 0) is 65.3 Å². The van der Waals surface area contributed by atoms with E-state index in [9.17, 15) is 4.79 Å². The Bertz CT molecular complexity index is 1310. The molecule has 0 aromatic heterocycles. The molecule has 0 atom stereocenters. The number of aryl methyl sites for hydroxylation is 1. The summed E-state index contributed by atoms with van der Waals surface area (Å²) >= 11 is 0. The average Bonchev–Trinajstić information content (AvgIpc) is 3.19. The monoisotopic (exact) mass is 483 g/mol. The number of Topliss-reactive ketones (excluding diaryl/α,β-unsaturated/α-hetero) is 1. The summed E-state index contributed by atoms with van der Waals surface area (Å²) in [5, 5.41) is 0. The zero-order valence-corrected chi connectivity index (χ0v) is 21.7. The third-order valence-electron chi connectivity index (χ3n) is 6.94. The Balaban J connectivity index is 1.35. The van der Waals surface area contributed by atoms with Gasteiger partial charge in [-0.25, -0.2) is 0 Å². The number of carbonyl (C=O) groups excluding carboxylic acids is 1. The van der Waals surface area contributed by atoms with E-state index in [0.29, 0.717) is 30.3 Å². The average molecular weight is 484 g/mol. The zero-order valence-electron chi connectivity index (χ0n) is 21.7. The molecule has 2 heterocycles. The van der Waals surface area contributed by atoms with Crippen LogP contribution in [0.25, 0.3) is 6.08 Å². The lowest BCUT2D eigenvalue weighted by molar-refractivity contribution is 0.0949. The van der Waals surface area contributed by atoms with Crippen LogP contribution in [0.3, 0.4) is 0 Å². The molecule has 0 radical (unpaired) electrons. The van der Waals surface area contributed by atoms with Gasteiger partial charge in [-0.3, -0.25) is 9.69 Å². The fourth-order valence-corrected chi connectivity index (χ4v) is 4.73. The third-order valence-corrected chi connectivity index (χ3v) is 6.94. The second kappa shape index (κ2) is 9.47. The fourth-order valence-electron chi connectivity index (χ4n) is 4.73. The second-order valence-corrected chi connectivity index (χ2v) is 10.6. The van der Waals surface area contributed by atoms with Crippen molar-refractivity contribution in [1.29, 1.82) is 0 Å². The summed E-state index contributed by atoms with van der Waals surface area (Å²) < 4.78 is 17.6. The number of ether oxygens (including phenoxy) is 3. The van der Waals surface area contributed by atoms with Crippen LogP contribution in [0, 0.1) is 6.92 Å². The highest BCUT2D eigenvalue weighted by Crippen LogP contribution is 2.44. The lowest BCUT2D eigenvalue weighted by Gasteiger charge is -2.30. The van der Waals surface area contributed by atoms with E-state index in [2.05, 4.69) is 49.9 Å². The quantitative estimate of drug-likeness (QED) is 0.398. The number of methoxy groups -OCH3 is 1. The molecule has 0 N–H and O–H groups in total. The van der Waals surface area contributed by atoms with Crippen LogP contribution in [0.4, 0.5) is 0 Å². The van der Waals surface area contributed by atoms with Crippen LogP contribution >= 0.6 is 0 Å². The van der Waals surface area contributed by atoms with E-state index in [1.54, 1.807) is 7.11 Å². The molecule has 0 saturated heterocycles. The first-order chi connectivity index (χ1) is 17.2. The predicted octanol–water partition coefficient (Wildman–Crippen LogP) is 6.31. The smallest absolute Gasteiger partial charge is 0.232 e. The number of carbonyl (C=O) groups is 1. The summed E-state index contributed by atoms with van der Waals surface area (Å²) in [6, 6.07) is 18.4. The number of benzene rings is 3. The number of hydrogen-bond acceptors (Lipinski definition) is 5. The van der Waals surface area contributed by atoms with E-state index in [0.717, 1.165) is 41.2 Å². The molecule has 0 spiro atoms. The Labute approximate surface area is 213 Å². The molecule has 36 heavy (non-hydrogen) atoms. The maximum Gasteiger partial charge on any atom is 0.232 e. The number of nitrogens with zero attached hydrogens (tertiary/aromatic N) is 1. The highest BCUT2D eigenvalue weighted by Gasteiger charge is 2.35. The minimum atomic E-state index is -0.0689. The number of rotatable bonds is 5. The second-order valence-electron chi connectivity index (χ2n) is 10.6. The van der Waals surface area contributed by atoms with Crippen LogP contribution in [0.15, 0.2) is 60.4 Å². The van der Waals surface area contributed by atoms with Crippen LogP contribution in [-0.2, 0) is 18.4 Å². The first-order valence-corrected chi connectivity index (χ1v) is 12.4. The minimum absolute atomic E-state index is 0.0689. The normalized spacial score (nSPS) is 16.4. The molecule has 186 valence electrons. The van der Waals surface area contributed by atoms with Gasteiger partial charge in [0.25, 0.3) is 0 Å². The highest BCUT2D eigenvalue weighted by atomic mass is 16.5. The standard InChI is InChI=1S/C31H33NO4/c1-20-16-26-25(18-32(19-35-26)15-14-21-8-12-24(34-5)13-9-21)30-28(20)29(33)27(36-30)17-22-6-10-23(11-7-22)31(2,3)4/h6-13,16-17H,14-15,18-19H2,1-5H3/b27-17+. The van der Waals surface area contributed by atoms with Gasteiger partial charge in [-0.2, -0.15) is 0 Å². The van der Waals surface area contributed by atoms with Gasteiger partial charge in [0.1, 0.15) is 24.0 Å². The van der Waals surface area contributed by atoms with Crippen molar-refractivity contribution in [3.05, 3.63) is 93.7 Å². The van der Waals surface area contributed by atoms with Crippen LogP contribution in [0.5, 0.6) is 17.2 Å². The van der Waals surface area contributed by atoms with Crippen molar-refractivity contribution in [3.63, 3.8) is 0 Å². The fraction of sp³-hybridized carbons (Fsp3) is 0.323. The van der Waals surface area contributed by atoms with Gasteiger partial charge in [-0.1, -0.05) is 57.2 Å². The van der Waals surface area contributed by atoms with Gasteiger partial charge in [0.15, 0.2) is 5.76 Å². The third kappa shape index (κ3) is 4.76. The Hall–Kier alpha value is -3.57. The number of allylic oxidation sites excluding steroid dienone is 1. The Morgan fingerprint density at radius 1 is 1.06 bits per heavy atom. The maximum atomic E-state index is 13.3. The van der Waals surface area contributed by atoms with Gasteiger partial charge in [0.05, 0.1) is 18.2 Å². The summed E-state index contributed by atoms with van der Waals surface area (Å²) in [5.74, 6) is 2.59. The lowest BCUT2D eigenvalue weighted by Crippen LogP contribution is -2.33. The van der Waals surface area contributed by atoms with Crippen LogP contribution in [0.2, 0.25) is 0 Å². The molecule has 2 aliphatic rings. The molecule has 0 bridgehead atoms. The summed E-state index contributed by atoms with van der Waals surface area (Å²) in [6.45, 7) is 10.5. The first kappa shape index (κ1) is 24.1. The van der Waals surface area contributed by atoms with Gasteiger partial charge in [0.2, 0.25) is 5.78 Å². The molecule has 3 aromatic rings. The molecule has 0 amide bonds. The number of fused-ring (bicyclic) bond motifs is 3. The molecule has 0 saturated carbocycles. The topological polar surface area (TPSA) is 48.0 Å². The Morgan fingerprint density at radius 3 is 2.44 bits per heavy atom. The molecule has 0 unspecified atom stereocenters. The lowest BCUT2D eigenvalue weighted by atomic mass is 9.86. The number of hydrogen-bond donors (Lipinski definition) is 0. The summed E-state index contributed by atoms with van der Waals surface area (Å²) in [4.78, 5) is 15.6. The van der Waals surface area contributed by atoms with Crippen molar-refractivity contribution in [2.45, 2.75) is 46.1 Å². The predicted molar refractivity (Wildman–Crippen MR) is 142 cm³/mol. The summed E-state index contributed by atoms with van der Waals surface area (Å²) in [7, 11) is 1.67. The molecule has 5 nitrogen and oxygen atoms in total. The van der Waals surface area contributed by atoms with Gasteiger partial charge in [0, 0.05) is 13.1 Å².